The highest BCUT2D eigenvalue weighted by Gasteiger charge is 2.17. The zero-order valence-corrected chi connectivity index (χ0v) is 6.11. The molecule has 0 saturated heterocycles. The molecule has 0 aliphatic heterocycles. The minimum atomic E-state index is -0.634. The third kappa shape index (κ3) is 1.29. The van der Waals surface area contributed by atoms with Gasteiger partial charge in [-0.3, -0.25) is 4.79 Å². The van der Waals surface area contributed by atoms with Crippen LogP contribution in [0.2, 0.25) is 0 Å². The summed E-state index contributed by atoms with van der Waals surface area (Å²) >= 11 is 0. The summed E-state index contributed by atoms with van der Waals surface area (Å²) in [5.74, 6) is -0.729. The van der Waals surface area contributed by atoms with E-state index < -0.39 is 5.91 Å². The Morgan fingerprint density at radius 1 is 1.73 bits per heavy atom. The van der Waals surface area contributed by atoms with Crippen molar-refractivity contribution in [3.8, 4) is 5.75 Å². The van der Waals surface area contributed by atoms with E-state index in [9.17, 15) is 4.79 Å². The lowest BCUT2D eigenvalue weighted by molar-refractivity contribution is -0.673. The molecule has 0 unspecified atom stereocenters. The maximum Gasteiger partial charge on any atom is 0.317 e. The summed E-state index contributed by atoms with van der Waals surface area (Å²) in [5, 5.41) is 9.14. The maximum absolute atomic E-state index is 10.7. The predicted molar refractivity (Wildman–Crippen MR) is 37.8 cm³/mol. The van der Waals surface area contributed by atoms with Crippen LogP contribution in [-0.4, -0.2) is 11.0 Å². The van der Waals surface area contributed by atoms with E-state index in [2.05, 4.69) is 0 Å². The van der Waals surface area contributed by atoms with Gasteiger partial charge in [0, 0.05) is 6.07 Å². The SMILES string of the molecule is C[n+]1cccc(O)c1C(N)=O. The van der Waals surface area contributed by atoms with Crippen molar-refractivity contribution in [1.82, 2.24) is 0 Å². The molecule has 0 saturated carbocycles. The largest absolute Gasteiger partial charge is 0.502 e. The molecule has 0 spiro atoms. The number of hydrogen-bond donors (Lipinski definition) is 2. The predicted octanol–water partition coefficient (Wildman–Crippen LogP) is -0.684. The van der Waals surface area contributed by atoms with Crippen LogP contribution in [0.25, 0.3) is 0 Å². The van der Waals surface area contributed by atoms with Gasteiger partial charge in [0.2, 0.25) is 0 Å². The number of aromatic hydroxyl groups is 1. The van der Waals surface area contributed by atoms with Gasteiger partial charge in [-0.05, 0) is 6.07 Å². The van der Waals surface area contributed by atoms with Gasteiger partial charge in [-0.2, -0.15) is 4.57 Å². The van der Waals surface area contributed by atoms with E-state index in [4.69, 9.17) is 10.8 Å². The van der Waals surface area contributed by atoms with Gasteiger partial charge in [-0.15, -0.1) is 0 Å². The Morgan fingerprint density at radius 3 is 2.73 bits per heavy atom. The number of rotatable bonds is 1. The van der Waals surface area contributed by atoms with Crippen LogP contribution in [0.5, 0.6) is 5.75 Å². The number of primary amides is 1. The van der Waals surface area contributed by atoms with E-state index in [0.29, 0.717) is 0 Å². The molecule has 3 N–H and O–H groups in total. The van der Waals surface area contributed by atoms with Crippen LogP contribution in [0.3, 0.4) is 0 Å². The van der Waals surface area contributed by atoms with E-state index in [1.165, 1.54) is 10.6 Å². The summed E-state index contributed by atoms with van der Waals surface area (Å²) in [5.41, 5.74) is 5.11. The lowest BCUT2D eigenvalue weighted by Gasteiger charge is -1.95. The maximum atomic E-state index is 10.7. The molecule has 0 bridgehead atoms. The Bertz CT molecular complexity index is 276. The second-order valence-electron chi connectivity index (χ2n) is 2.22. The highest BCUT2D eigenvalue weighted by molar-refractivity contribution is 5.91. The van der Waals surface area contributed by atoms with Crippen LogP contribution in [-0.2, 0) is 7.05 Å². The highest BCUT2D eigenvalue weighted by Crippen LogP contribution is 2.08. The fourth-order valence-electron chi connectivity index (χ4n) is 0.897. The molecule has 0 atom stereocenters. The quantitative estimate of drug-likeness (QED) is 0.525. The normalized spacial score (nSPS) is 9.55. The van der Waals surface area contributed by atoms with E-state index in [-0.39, 0.29) is 11.4 Å². The second kappa shape index (κ2) is 2.57. The number of aromatic nitrogens is 1. The zero-order valence-electron chi connectivity index (χ0n) is 6.11. The number of hydrogen-bond acceptors (Lipinski definition) is 2. The van der Waals surface area contributed by atoms with Gasteiger partial charge in [0.25, 0.3) is 0 Å². The van der Waals surface area contributed by atoms with Gasteiger partial charge in [0.1, 0.15) is 7.05 Å². The van der Waals surface area contributed by atoms with E-state index >= 15 is 0 Å². The molecule has 0 aliphatic carbocycles. The summed E-state index contributed by atoms with van der Waals surface area (Å²) < 4.78 is 1.47. The Hall–Kier alpha value is -1.58. The summed E-state index contributed by atoms with van der Waals surface area (Å²) in [6.45, 7) is 0. The van der Waals surface area contributed by atoms with Gasteiger partial charge in [-0.1, -0.05) is 0 Å². The third-order valence-electron chi connectivity index (χ3n) is 1.39. The number of nitrogens with two attached hydrogens (primary N) is 1. The van der Waals surface area contributed by atoms with Gasteiger partial charge in [-0.25, -0.2) is 0 Å². The smallest absolute Gasteiger partial charge is 0.317 e. The number of nitrogens with zero attached hydrogens (tertiary/aromatic N) is 1. The van der Waals surface area contributed by atoms with Crippen molar-refractivity contribution in [3.63, 3.8) is 0 Å². The standard InChI is InChI=1S/C7H8N2O2/c1-9-4-2-3-5(10)6(9)7(8)11/h2-4H,1H3,(H2-,8,10,11)/p+1. The van der Waals surface area contributed by atoms with Crippen molar-refractivity contribution in [3.05, 3.63) is 24.0 Å². The Kier molecular flexibility index (Phi) is 1.76. The Morgan fingerprint density at radius 2 is 2.36 bits per heavy atom. The minimum absolute atomic E-state index is 0.0949. The van der Waals surface area contributed by atoms with E-state index in [1.54, 1.807) is 19.3 Å². The van der Waals surface area contributed by atoms with Gasteiger partial charge in [0.15, 0.2) is 11.9 Å². The van der Waals surface area contributed by atoms with Crippen molar-refractivity contribution in [2.75, 3.05) is 0 Å². The van der Waals surface area contributed by atoms with Crippen LogP contribution < -0.4 is 10.3 Å². The molecule has 1 amide bonds. The highest BCUT2D eigenvalue weighted by atomic mass is 16.3. The molecule has 1 aromatic heterocycles. The first-order chi connectivity index (χ1) is 5.13. The number of pyridine rings is 1. The summed E-state index contributed by atoms with van der Waals surface area (Å²) in [4.78, 5) is 10.7. The van der Waals surface area contributed by atoms with Crippen LogP contribution >= 0.6 is 0 Å². The average molecular weight is 153 g/mol. The summed E-state index contributed by atoms with van der Waals surface area (Å²) in [6.07, 6.45) is 1.64. The second-order valence-corrected chi connectivity index (χ2v) is 2.22. The molecule has 0 aromatic carbocycles. The van der Waals surface area contributed by atoms with Crippen LogP contribution in [0.15, 0.2) is 18.3 Å². The molecule has 0 aliphatic rings. The number of carbonyl (C=O) groups excluding carboxylic acids is 1. The molecule has 11 heavy (non-hydrogen) atoms. The molecule has 1 heterocycles. The zero-order chi connectivity index (χ0) is 8.43. The van der Waals surface area contributed by atoms with Crippen molar-refractivity contribution < 1.29 is 14.5 Å². The topological polar surface area (TPSA) is 67.2 Å². The van der Waals surface area contributed by atoms with Crippen LogP contribution in [0.4, 0.5) is 0 Å². The molecule has 1 aromatic rings. The van der Waals surface area contributed by atoms with Crippen LogP contribution in [0, 0.1) is 0 Å². The minimum Gasteiger partial charge on any atom is -0.502 e. The fourth-order valence-corrected chi connectivity index (χ4v) is 0.897. The lowest BCUT2D eigenvalue weighted by Crippen LogP contribution is -2.38. The molecule has 0 fully saturated rings. The molecular weight excluding hydrogens is 144 g/mol. The number of carbonyl (C=O) groups is 1. The molecule has 1 rings (SSSR count). The summed E-state index contributed by atoms with van der Waals surface area (Å²) in [6, 6.07) is 3.04. The van der Waals surface area contributed by atoms with Crippen molar-refractivity contribution in [1.29, 1.82) is 0 Å². The first-order valence-corrected chi connectivity index (χ1v) is 3.10. The van der Waals surface area contributed by atoms with Gasteiger partial charge in [0.05, 0.1) is 0 Å². The Balaban J connectivity index is 3.32. The first kappa shape index (κ1) is 7.53. The monoisotopic (exact) mass is 153 g/mol. The molecule has 0 radical (unpaired) electrons. The van der Waals surface area contributed by atoms with Crippen molar-refractivity contribution in [2.45, 2.75) is 0 Å². The molecule has 58 valence electrons. The Labute approximate surface area is 63.9 Å². The third-order valence-corrected chi connectivity index (χ3v) is 1.39. The number of amides is 1. The van der Waals surface area contributed by atoms with E-state index in [0.717, 1.165) is 0 Å². The van der Waals surface area contributed by atoms with Gasteiger partial charge >= 0.3 is 11.6 Å². The van der Waals surface area contributed by atoms with E-state index in [1.807, 2.05) is 0 Å². The van der Waals surface area contributed by atoms with Crippen LogP contribution in [0.1, 0.15) is 10.5 Å². The first-order valence-electron chi connectivity index (χ1n) is 3.10. The lowest BCUT2D eigenvalue weighted by atomic mass is 10.3. The summed E-state index contributed by atoms with van der Waals surface area (Å²) in [7, 11) is 1.64. The molecular formula is C7H9N2O2+. The van der Waals surface area contributed by atoms with Crippen molar-refractivity contribution >= 4 is 5.91 Å². The fraction of sp³-hybridized carbons (Fsp3) is 0.143. The van der Waals surface area contributed by atoms with Gasteiger partial charge < -0.3 is 10.8 Å². The number of aryl methyl sites for hydroxylation is 1. The molecule has 4 heteroatoms. The average Bonchev–Trinajstić information content (AvgIpc) is 1.85. The van der Waals surface area contributed by atoms with Crippen molar-refractivity contribution in [2.24, 2.45) is 12.8 Å². The molecule has 4 nitrogen and oxygen atoms in total.